The topological polar surface area (TPSA) is 98.0 Å². The van der Waals surface area contributed by atoms with Gasteiger partial charge in [-0.05, 0) is 11.6 Å². The van der Waals surface area contributed by atoms with Crippen LogP contribution in [0, 0.1) is 0 Å². The molecule has 0 aliphatic rings. The van der Waals surface area contributed by atoms with Crippen molar-refractivity contribution >= 4 is 16.8 Å². The summed E-state index contributed by atoms with van der Waals surface area (Å²) in [5, 5.41) is 33.3. The summed E-state index contributed by atoms with van der Waals surface area (Å²) in [5.74, 6) is 0. The Morgan fingerprint density at radius 3 is 2.08 bits per heavy atom. The van der Waals surface area contributed by atoms with Gasteiger partial charge < -0.3 is 20.4 Å². The quantitative estimate of drug-likeness (QED) is 0.405. The Labute approximate surface area is 78.4 Å². The molecule has 0 radical (unpaired) electrons. The SMILES string of the molecule is O=C(Cl)[C@@H](F)[C@@H](O)[C@H](O)[C@H](O)CO. The average molecular weight is 217 g/mol. The second-order valence-corrected chi connectivity index (χ2v) is 2.81. The molecule has 0 aromatic rings. The van der Waals surface area contributed by atoms with Crippen LogP contribution in [0.25, 0.3) is 0 Å². The highest BCUT2D eigenvalue weighted by molar-refractivity contribution is 6.64. The van der Waals surface area contributed by atoms with Crippen molar-refractivity contribution in [3.05, 3.63) is 0 Å². The lowest BCUT2D eigenvalue weighted by molar-refractivity contribution is -0.131. The lowest BCUT2D eigenvalue weighted by atomic mass is 10.1. The highest BCUT2D eigenvalue weighted by atomic mass is 35.5. The van der Waals surface area contributed by atoms with Crippen molar-refractivity contribution in [1.82, 2.24) is 0 Å². The molecule has 0 aliphatic heterocycles. The predicted molar refractivity (Wildman–Crippen MR) is 40.9 cm³/mol. The summed E-state index contributed by atoms with van der Waals surface area (Å²) in [6, 6.07) is 0. The Bertz CT molecular complexity index is 178. The summed E-state index contributed by atoms with van der Waals surface area (Å²) >= 11 is 4.69. The summed E-state index contributed by atoms with van der Waals surface area (Å²) in [6.07, 6.45) is -8.31. The number of carbonyl (C=O) groups is 1. The Hall–Kier alpha value is -0.270. The van der Waals surface area contributed by atoms with Crippen LogP contribution in [0.3, 0.4) is 0 Å². The van der Waals surface area contributed by atoms with Crippen molar-refractivity contribution in [2.75, 3.05) is 6.61 Å². The maximum Gasteiger partial charge on any atom is 0.258 e. The van der Waals surface area contributed by atoms with E-state index < -0.39 is 36.3 Å². The Balaban J connectivity index is 4.24. The van der Waals surface area contributed by atoms with E-state index in [9.17, 15) is 9.18 Å². The molecule has 4 atom stereocenters. The van der Waals surface area contributed by atoms with Crippen molar-refractivity contribution < 1.29 is 29.6 Å². The Morgan fingerprint density at radius 1 is 1.31 bits per heavy atom. The molecule has 0 unspecified atom stereocenters. The van der Waals surface area contributed by atoms with Crippen LogP contribution in [-0.2, 0) is 4.79 Å². The molecule has 78 valence electrons. The fraction of sp³-hybridized carbons (Fsp3) is 0.833. The smallest absolute Gasteiger partial charge is 0.258 e. The fourth-order valence-electron chi connectivity index (χ4n) is 0.643. The highest BCUT2D eigenvalue weighted by Gasteiger charge is 2.34. The van der Waals surface area contributed by atoms with E-state index >= 15 is 0 Å². The first-order chi connectivity index (χ1) is 5.91. The third kappa shape index (κ3) is 3.53. The zero-order chi connectivity index (χ0) is 10.6. The number of aliphatic hydroxyl groups excluding tert-OH is 4. The maximum atomic E-state index is 12.6. The molecule has 13 heavy (non-hydrogen) atoms. The summed E-state index contributed by atoms with van der Waals surface area (Å²) in [6.45, 7) is -0.860. The van der Waals surface area contributed by atoms with Crippen LogP contribution >= 0.6 is 11.6 Å². The van der Waals surface area contributed by atoms with Gasteiger partial charge in [0.05, 0.1) is 6.61 Å². The van der Waals surface area contributed by atoms with Gasteiger partial charge in [0.1, 0.15) is 18.3 Å². The number of alkyl halides is 1. The van der Waals surface area contributed by atoms with Crippen LogP contribution in [0.5, 0.6) is 0 Å². The lowest BCUT2D eigenvalue weighted by Gasteiger charge is -2.22. The van der Waals surface area contributed by atoms with Crippen molar-refractivity contribution in [2.24, 2.45) is 0 Å². The third-order valence-corrected chi connectivity index (χ3v) is 1.66. The van der Waals surface area contributed by atoms with E-state index in [0.29, 0.717) is 0 Å². The van der Waals surface area contributed by atoms with Crippen molar-refractivity contribution in [3.63, 3.8) is 0 Å². The second-order valence-electron chi connectivity index (χ2n) is 2.44. The Morgan fingerprint density at radius 2 is 1.77 bits per heavy atom. The second kappa shape index (κ2) is 5.46. The molecule has 0 rings (SSSR count). The van der Waals surface area contributed by atoms with Crippen LogP contribution in [0.2, 0.25) is 0 Å². The maximum absolute atomic E-state index is 12.6. The van der Waals surface area contributed by atoms with Crippen LogP contribution in [-0.4, -0.2) is 56.8 Å². The van der Waals surface area contributed by atoms with E-state index in [1.165, 1.54) is 0 Å². The molecule has 0 saturated heterocycles. The minimum atomic E-state index is -2.49. The van der Waals surface area contributed by atoms with Gasteiger partial charge in [-0.1, -0.05) is 0 Å². The molecule has 0 aromatic heterocycles. The van der Waals surface area contributed by atoms with Gasteiger partial charge in [0.25, 0.3) is 5.24 Å². The van der Waals surface area contributed by atoms with E-state index in [2.05, 4.69) is 11.6 Å². The van der Waals surface area contributed by atoms with Crippen LogP contribution in [0.4, 0.5) is 4.39 Å². The molecule has 0 spiro atoms. The number of halogens is 2. The zero-order valence-electron chi connectivity index (χ0n) is 6.47. The third-order valence-electron chi connectivity index (χ3n) is 1.45. The molecule has 0 saturated carbocycles. The summed E-state index contributed by atoms with van der Waals surface area (Å²) in [7, 11) is 0. The molecule has 0 bridgehead atoms. The summed E-state index contributed by atoms with van der Waals surface area (Å²) in [4.78, 5) is 10.2. The minimum Gasteiger partial charge on any atom is -0.394 e. The highest BCUT2D eigenvalue weighted by Crippen LogP contribution is 2.10. The zero-order valence-corrected chi connectivity index (χ0v) is 7.23. The molecule has 0 aromatic carbocycles. The van der Waals surface area contributed by atoms with E-state index in [1.807, 2.05) is 0 Å². The van der Waals surface area contributed by atoms with E-state index in [1.54, 1.807) is 0 Å². The first-order valence-electron chi connectivity index (χ1n) is 3.40. The van der Waals surface area contributed by atoms with Crippen LogP contribution in [0.1, 0.15) is 0 Å². The van der Waals surface area contributed by atoms with E-state index in [4.69, 9.17) is 20.4 Å². The molecule has 4 N–H and O–H groups in total. The van der Waals surface area contributed by atoms with Crippen molar-refractivity contribution in [2.45, 2.75) is 24.5 Å². The molecule has 5 nitrogen and oxygen atoms in total. The van der Waals surface area contributed by atoms with Gasteiger partial charge in [0.15, 0.2) is 0 Å². The predicted octanol–water partition coefficient (Wildman–Crippen LogP) is -1.84. The van der Waals surface area contributed by atoms with Crippen molar-refractivity contribution in [1.29, 1.82) is 0 Å². The molecule has 0 fully saturated rings. The van der Waals surface area contributed by atoms with E-state index in [0.717, 1.165) is 0 Å². The normalized spacial score (nSPS) is 20.5. The van der Waals surface area contributed by atoms with Crippen LogP contribution < -0.4 is 0 Å². The molecule has 7 heteroatoms. The van der Waals surface area contributed by atoms with Gasteiger partial charge in [0.2, 0.25) is 6.17 Å². The van der Waals surface area contributed by atoms with Gasteiger partial charge in [-0.15, -0.1) is 0 Å². The van der Waals surface area contributed by atoms with Gasteiger partial charge in [0, 0.05) is 0 Å². The number of hydrogen-bond acceptors (Lipinski definition) is 5. The lowest BCUT2D eigenvalue weighted by Crippen LogP contribution is -2.46. The number of rotatable bonds is 5. The molecular weight excluding hydrogens is 207 g/mol. The number of aliphatic hydroxyl groups is 4. The standard InChI is InChI=1S/C6H10ClFO5/c7-6(13)3(8)5(12)4(11)2(10)1-9/h2-5,9-12H,1H2/t2-,3+,4-,5-/m1/s1. The number of hydrogen-bond donors (Lipinski definition) is 4. The van der Waals surface area contributed by atoms with Crippen molar-refractivity contribution in [3.8, 4) is 0 Å². The molecule has 0 amide bonds. The summed E-state index contributed by atoms with van der Waals surface area (Å²) < 4.78 is 12.6. The summed E-state index contributed by atoms with van der Waals surface area (Å²) in [5.41, 5.74) is 0. The fourth-order valence-corrected chi connectivity index (χ4v) is 0.772. The first-order valence-corrected chi connectivity index (χ1v) is 3.78. The van der Waals surface area contributed by atoms with Gasteiger partial charge >= 0.3 is 0 Å². The number of carbonyl (C=O) groups excluding carboxylic acids is 1. The first kappa shape index (κ1) is 12.7. The van der Waals surface area contributed by atoms with Gasteiger partial charge in [-0.2, -0.15) is 0 Å². The van der Waals surface area contributed by atoms with Crippen LogP contribution in [0.15, 0.2) is 0 Å². The Kier molecular flexibility index (Phi) is 5.34. The molecular formula is C6H10ClFO5. The van der Waals surface area contributed by atoms with Gasteiger partial charge in [-0.3, -0.25) is 4.79 Å². The minimum absolute atomic E-state index is 0.860. The average Bonchev–Trinajstić information content (AvgIpc) is 2.12. The molecule has 0 aliphatic carbocycles. The molecule has 0 heterocycles. The monoisotopic (exact) mass is 216 g/mol. The largest absolute Gasteiger partial charge is 0.394 e. The van der Waals surface area contributed by atoms with Gasteiger partial charge in [-0.25, -0.2) is 4.39 Å². The van der Waals surface area contributed by atoms with E-state index in [-0.39, 0.29) is 0 Å².